The Bertz CT molecular complexity index is 508. The predicted molar refractivity (Wildman–Crippen MR) is 84.3 cm³/mol. The molecule has 0 N–H and O–H groups in total. The largest absolute Gasteiger partial charge is 0.383 e. The Labute approximate surface area is 127 Å². The van der Waals surface area contributed by atoms with Gasteiger partial charge < -0.3 is 9.64 Å². The summed E-state index contributed by atoms with van der Waals surface area (Å²) >= 11 is 3.31. The lowest BCUT2D eigenvalue weighted by atomic mass is 10.1. The fourth-order valence-electron chi connectivity index (χ4n) is 1.99. The van der Waals surface area contributed by atoms with Gasteiger partial charge in [-0.05, 0) is 29.8 Å². The first-order chi connectivity index (χ1) is 9.72. The summed E-state index contributed by atoms with van der Waals surface area (Å²) in [5.74, 6) is 0.0738. The van der Waals surface area contributed by atoms with E-state index in [1.54, 1.807) is 29.8 Å². The third-order valence-corrected chi connectivity index (χ3v) is 5.06. The van der Waals surface area contributed by atoms with E-state index in [1.165, 1.54) is 4.88 Å². The zero-order valence-electron chi connectivity index (χ0n) is 11.7. The van der Waals surface area contributed by atoms with Gasteiger partial charge in [0.05, 0.1) is 19.1 Å². The van der Waals surface area contributed by atoms with Gasteiger partial charge in [0.1, 0.15) is 0 Å². The lowest BCUT2D eigenvalue weighted by Gasteiger charge is -2.24. The summed E-state index contributed by atoms with van der Waals surface area (Å²) in [5, 5.41) is 4.05. The number of methoxy groups -OCH3 is 1. The Morgan fingerprint density at radius 3 is 2.65 bits per heavy atom. The van der Waals surface area contributed by atoms with E-state index in [1.807, 2.05) is 40.8 Å². The van der Waals surface area contributed by atoms with E-state index in [9.17, 15) is 4.79 Å². The van der Waals surface area contributed by atoms with Crippen LogP contribution in [0.25, 0.3) is 0 Å². The quantitative estimate of drug-likeness (QED) is 0.782. The molecule has 20 heavy (non-hydrogen) atoms. The number of hydrogen-bond acceptors (Lipinski definition) is 4. The standard InChI is InChI=1S/C15H19NO2S2/c1-12(14-6-4-10-20-14)15(17)16(7-8-18-2)11-13-5-3-9-19-13/h3-6,9-10,12H,7-8,11H2,1-2H3/t12-/m1/s1. The van der Waals surface area contributed by atoms with Crippen LogP contribution in [0, 0.1) is 0 Å². The van der Waals surface area contributed by atoms with Crippen LogP contribution < -0.4 is 0 Å². The number of carbonyl (C=O) groups excluding carboxylic acids is 1. The zero-order valence-corrected chi connectivity index (χ0v) is 13.4. The molecule has 2 aromatic rings. The molecule has 0 aliphatic heterocycles. The molecule has 0 unspecified atom stereocenters. The Morgan fingerprint density at radius 1 is 1.30 bits per heavy atom. The molecule has 108 valence electrons. The molecule has 0 spiro atoms. The monoisotopic (exact) mass is 309 g/mol. The topological polar surface area (TPSA) is 29.5 Å². The van der Waals surface area contributed by atoms with E-state index in [0.29, 0.717) is 19.7 Å². The molecule has 2 heterocycles. The molecule has 2 aromatic heterocycles. The van der Waals surface area contributed by atoms with Gasteiger partial charge in [-0.2, -0.15) is 0 Å². The lowest BCUT2D eigenvalue weighted by Crippen LogP contribution is -2.35. The summed E-state index contributed by atoms with van der Waals surface area (Å²) in [7, 11) is 1.66. The van der Waals surface area contributed by atoms with Crippen molar-refractivity contribution in [1.82, 2.24) is 4.90 Å². The molecule has 1 amide bonds. The van der Waals surface area contributed by atoms with Gasteiger partial charge >= 0.3 is 0 Å². The van der Waals surface area contributed by atoms with Crippen LogP contribution in [-0.2, 0) is 16.1 Å². The molecule has 5 heteroatoms. The van der Waals surface area contributed by atoms with Crippen LogP contribution in [0.1, 0.15) is 22.6 Å². The first-order valence-electron chi connectivity index (χ1n) is 6.56. The third-order valence-electron chi connectivity index (χ3n) is 3.14. The molecule has 3 nitrogen and oxygen atoms in total. The first kappa shape index (κ1) is 15.2. The molecule has 2 rings (SSSR count). The maximum atomic E-state index is 12.7. The summed E-state index contributed by atoms with van der Waals surface area (Å²) in [4.78, 5) is 16.9. The molecule has 0 aliphatic rings. The maximum absolute atomic E-state index is 12.7. The number of amides is 1. The van der Waals surface area contributed by atoms with Crippen molar-refractivity contribution in [3.05, 3.63) is 44.8 Å². The second-order valence-corrected chi connectivity index (χ2v) is 6.58. The van der Waals surface area contributed by atoms with Crippen molar-refractivity contribution < 1.29 is 9.53 Å². The van der Waals surface area contributed by atoms with Crippen molar-refractivity contribution >= 4 is 28.6 Å². The molecule has 0 bridgehead atoms. The van der Waals surface area contributed by atoms with Crippen molar-refractivity contribution in [3.8, 4) is 0 Å². The minimum Gasteiger partial charge on any atom is -0.383 e. The molecule has 0 saturated carbocycles. The molecule has 0 fully saturated rings. The average Bonchev–Trinajstić information content (AvgIpc) is 3.14. The number of rotatable bonds is 7. The number of hydrogen-bond donors (Lipinski definition) is 0. The summed E-state index contributed by atoms with van der Waals surface area (Å²) in [5.41, 5.74) is 0. The Balaban J connectivity index is 2.06. The van der Waals surface area contributed by atoms with Crippen LogP contribution >= 0.6 is 22.7 Å². The van der Waals surface area contributed by atoms with E-state index in [2.05, 4.69) is 6.07 Å². The van der Waals surface area contributed by atoms with E-state index in [0.717, 1.165) is 4.88 Å². The predicted octanol–water partition coefficient (Wildman–Crippen LogP) is 3.59. The van der Waals surface area contributed by atoms with Crippen LogP contribution in [-0.4, -0.2) is 31.1 Å². The van der Waals surface area contributed by atoms with Gasteiger partial charge in [-0.25, -0.2) is 0 Å². The van der Waals surface area contributed by atoms with Crippen LogP contribution in [0.2, 0.25) is 0 Å². The molecule has 0 aliphatic carbocycles. The summed E-state index contributed by atoms with van der Waals surface area (Å²) in [6.07, 6.45) is 0. The highest BCUT2D eigenvalue weighted by atomic mass is 32.1. The van der Waals surface area contributed by atoms with Crippen molar-refractivity contribution in [3.63, 3.8) is 0 Å². The van der Waals surface area contributed by atoms with Crippen LogP contribution in [0.15, 0.2) is 35.0 Å². The normalized spacial score (nSPS) is 12.3. The molecule has 0 saturated heterocycles. The second-order valence-electron chi connectivity index (χ2n) is 4.57. The minimum atomic E-state index is -0.0909. The van der Waals surface area contributed by atoms with Gasteiger partial charge in [-0.3, -0.25) is 4.79 Å². The number of nitrogens with zero attached hydrogens (tertiary/aromatic N) is 1. The smallest absolute Gasteiger partial charge is 0.231 e. The van der Waals surface area contributed by atoms with Crippen LogP contribution in [0.4, 0.5) is 0 Å². The molecule has 0 aromatic carbocycles. The van der Waals surface area contributed by atoms with Gasteiger partial charge in [0.2, 0.25) is 5.91 Å². The lowest BCUT2D eigenvalue weighted by molar-refractivity contribution is -0.133. The second kappa shape index (κ2) is 7.57. The first-order valence-corrected chi connectivity index (χ1v) is 8.32. The van der Waals surface area contributed by atoms with Gasteiger partial charge in [0, 0.05) is 23.4 Å². The van der Waals surface area contributed by atoms with Crippen molar-refractivity contribution in [2.45, 2.75) is 19.4 Å². The number of ether oxygens (including phenoxy) is 1. The van der Waals surface area contributed by atoms with Crippen molar-refractivity contribution in [1.29, 1.82) is 0 Å². The summed E-state index contributed by atoms with van der Waals surface area (Å²) in [6.45, 7) is 3.83. The average molecular weight is 309 g/mol. The summed E-state index contributed by atoms with van der Waals surface area (Å²) in [6, 6.07) is 8.09. The van der Waals surface area contributed by atoms with E-state index in [4.69, 9.17) is 4.74 Å². The highest BCUT2D eigenvalue weighted by Crippen LogP contribution is 2.24. The molecule has 0 radical (unpaired) electrons. The number of thiophene rings is 2. The van der Waals surface area contributed by atoms with Gasteiger partial charge in [-0.1, -0.05) is 12.1 Å². The third kappa shape index (κ3) is 3.91. The van der Waals surface area contributed by atoms with Crippen LogP contribution in [0.5, 0.6) is 0 Å². The Kier molecular flexibility index (Phi) is 5.76. The molecule has 1 atom stereocenters. The summed E-state index contributed by atoms with van der Waals surface area (Å²) < 4.78 is 5.12. The highest BCUT2D eigenvalue weighted by molar-refractivity contribution is 7.10. The van der Waals surface area contributed by atoms with Gasteiger partial charge in [0.15, 0.2) is 0 Å². The fraction of sp³-hybridized carbons (Fsp3) is 0.400. The van der Waals surface area contributed by atoms with E-state index >= 15 is 0 Å². The van der Waals surface area contributed by atoms with Crippen molar-refractivity contribution in [2.75, 3.05) is 20.3 Å². The fourth-order valence-corrected chi connectivity index (χ4v) is 3.49. The molecular weight excluding hydrogens is 290 g/mol. The SMILES string of the molecule is COCCN(Cc1cccs1)C(=O)[C@H](C)c1cccs1. The van der Waals surface area contributed by atoms with E-state index < -0.39 is 0 Å². The molecular formula is C15H19NO2S2. The van der Waals surface area contributed by atoms with Gasteiger partial charge in [0.25, 0.3) is 0 Å². The zero-order chi connectivity index (χ0) is 14.4. The van der Waals surface area contributed by atoms with E-state index in [-0.39, 0.29) is 11.8 Å². The van der Waals surface area contributed by atoms with Crippen molar-refractivity contribution in [2.24, 2.45) is 0 Å². The Morgan fingerprint density at radius 2 is 2.05 bits per heavy atom. The number of carbonyl (C=O) groups is 1. The van der Waals surface area contributed by atoms with Gasteiger partial charge in [-0.15, -0.1) is 22.7 Å². The minimum absolute atomic E-state index is 0.0909. The Hall–Kier alpha value is -1.17. The highest BCUT2D eigenvalue weighted by Gasteiger charge is 2.22. The van der Waals surface area contributed by atoms with Crippen LogP contribution in [0.3, 0.4) is 0 Å². The maximum Gasteiger partial charge on any atom is 0.231 e.